The number of hydrogen-bond donors (Lipinski definition) is 1. The van der Waals surface area contributed by atoms with Crippen LogP contribution in [-0.4, -0.2) is 38.6 Å². The van der Waals surface area contributed by atoms with Gasteiger partial charge < -0.3 is 24.3 Å². The highest BCUT2D eigenvalue weighted by atomic mass is 16.5. The van der Waals surface area contributed by atoms with E-state index in [9.17, 15) is 0 Å². The Kier molecular flexibility index (Phi) is 4.81. The number of nitrogens with one attached hydrogen (secondary N) is 1. The van der Waals surface area contributed by atoms with Crippen LogP contribution in [0.25, 0.3) is 10.9 Å². The second-order valence-electron chi connectivity index (χ2n) is 6.62. The first-order valence-corrected chi connectivity index (χ1v) is 9.07. The summed E-state index contributed by atoms with van der Waals surface area (Å²) < 4.78 is 21.7. The normalized spacial score (nSPS) is 15.5. The van der Waals surface area contributed by atoms with Gasteiger partial charge in [-0.3, -0.25) is 0 Å². The van der Waals surface area contributed by atoms with Gasteiger partial charge in [0.15, 0.2) is 23.0 Å². The summed E-state index contributed by atoms with van der Waals surface area (Å²) in [5.74, 6) is 2.76. The van der Waals surface area contributed by atoms with Gasteiger partial charge in [0, 0.05) is 28.8 Å². The molecule has 0 aliphatic carbocycles. The lowest BCUT2D eigenvalue weighted by molar-refractivity contribution is 0.354. The maximum Gasteiger partial charge on any atom is 0.162 e. The van der Waals surface area contributed by atoms with E-state index in [1.165, 1.54) is 5.56 Å². The summed E-state index contributed by atoms with van der Waals surface area (Å²) in [7, 11) is 6.54. The molecule has 3 aromatic rings. The minimum absolute atomic E-state index is 0.0988. The van der Waals surface area contributed by atoms with Gasteiger partial charge in [-0.25, -0.2) is 0 Å². The van der Waals surface area contributed by atoms with Gasteiger partial charge in [0.2, 0.25) is 0 Å². The standard InChI is InChI=1S/C21H23N3O4/c1-25-18-7-12-5-6-15(23-16(12)9-20(18)27-3)14-11-22-24-17-10-21(28-4)19(26-2)8-13(14)17/h7-11,15,23H,5-6H2,1-4H3. The van der Waals surface area contributed by atoms with Crippen LogP contribution < -0.4 is 24.3 Å². The Morgan fingerprint density at radius 2 is 1.50 bits per heavy atom. The largest absolute Gasteiger partial charge is 0.493 e. The fraction of sp³-hybridized carbons (Fsp3) is 0.333. The molecular weight excluding hydrogens is 358 g/mol. The lowest BCUT2D eigenvalue weighted by Crippen LogP contribution is -2.19. The Morgan fingerprint density at radius 1 is 0.857 bits per heavy atom. The van der Waals surface area contributed by atoms with Crippen molar-refractivity contribution in [3.63, 3.8) is 0 Å². The van der Waals surface area contributed by atoms with E-state index in [2.05, 4.69) is 15.5 Å². The van der Waals surface area contributed by atoms with E-state index in [0.717, 1.165) is 40.7 Å². The molecule has 7 nitrogen and oxygen atoms in total. The number of fused-ring (bicyclic) bond motifs is 2. The number of nitrogens with zero attached hydrogens (tertiary/aromatic N) is 2. The Hall–Kier alpha value is -3.22. The Bertz CT molecular complexity index is 1020. The SMILES string of the molecule is COc1cc2c(cc1OC)NC(c1cnnc3cc(OC)c(OC)cc13)CC2. The quantitative estimate of drug-likeness (QED) is 0.721. The van der Waals surface area contributed by atoms with Crippen LogP contribution in [0.1, 0.15) is 23.6 Å². The van der Waals surface area contributed by atoms with Gasteiger partial charge in [-0.05, 0) is 30.5 Å². The molecule has 2 aromatic carbocycles. The minimum atomic E-state index is 0.0988. The van der Waals surface area contributed by atoms with Crippen molar-refractivity contribution in [2.45, 2.75) is 18.9 Å². The monoisotopic (exact) mass is 381 g/mol. The minimum Gasteiger partial charge on any atom is -0.493 e. The Morgan fingerprint density at radius 3 is 2.21 bits per heavy atom. The summed E-state index contributed by atoms with van der Waals surface area (Å²) in [6.07, 6.45) is 3.67. The zero-order chi connectivity index (χ0) is 19.7. The molecule has 1 aliphatic rings. The number of aromatic nitrogens is 2. The highest BCUT2D eigenvalue weighted by Crippen LogP contribution is 2.41. The van der Waals surface area contributed by atoms with Crippen LogP contribution >= 0.6 is 0 Å². The number of hydrogen-bond acceptors (Lipinski definition) is 7. The smallest absolute Gasteiger partial charge is 0.162 e. The zero-order valence-electron chi connectivity index (χ0n) is 16.4. The average Bonchev–Trinajstić information content (AvgIpc) is 2.76. The van der Waals surface area contributed by atoms with Gasteiger partial charge in [-0.2, -0.15) is 10.2 Å². The van der Waals surface area contributed by atoms with Crippen LogP contribution in [-0.2, 0) is 6.42 Å². The van der Waals surface area contributed by atoms with Crippen LogP contribution in [0.15, 0.2) is 30.5 Å². The van der Waals surface area contributed by atoms with E-state index in [1.807, 2.05) is 30.5 Å². The fourth-order valence-electron chi connectivity index (χ4n) is 3.74. The summed E-state index contributed by atoms with van der Waals surface area (Å²) >= 11 is 0. The number of rotatable bonds is 5. The number of ether oxygens (including phenoxy) is 4. The third-order valence-corrected chi connectivity index (χ3v) is 5.19. The maximum absolute atomic E-state index is 5.47. The summed E-state index contributed by atoms with van der Waals surface area (Å²) in [5, 5.41) is 13.1. The van der Waals surface area contributed by atoms with Crippen molar-refractivity contribution in [3.05, 3.63) is 41.6 Å². The van der Waals surface area contributed by atoms with Crippen molar-refractivity contribution in [1.29, 1.82) is 0 Å². The number of anilines is 1. The summed E-state index contributed by atoms with van der Waals surface area (Å²) in [6, 6.07) is 7.94. The zero-order valence-corrected chi connectivity index (χ0v) is 16.4. The van der Waals surface area contributed by atoms with Crippen LogP contribution in [0.3, 0.4) is 0 Å². The van der Waals surface area contributed by atoms with Gasteiger partial charge in [-0.15, -0.1) is 0 Å². The van der Waals surface area contributed by atoms with E-state index in [1.54, 1.807) is 28.4 Å². The van der Waals surface area contributed by atoms with Crippen LogP contribution in [0.5, 0.6) is 23.0 Å². The predicted molar refractivity (Wildman–Crippen MR) is 107 cm³/mol. The molecule has 0 saturated carbocycles. The maximum atomic E-state index is 5.47. The second-order valence-corrected chi connectivity index (χ2v) is 6.62. The summed E-state index contributed by atoms with van der Waals surface area (Å²) in [5.41, 5.74) is 4.10. The second kappa shape index (κ2) is 7.42. The first-order chi connectivity index (χ1) is 13.7. The Labute approximate surface area is 163 Å². The average molecular weight is 381 g/mol. The van der Waals surface area contributed by atoms with Crippen molar-refractivity contribution in [1.82, 2.24) is 10.2 Å². The molecule has 4 rings (SSSR count). The molecule has 0 spiro atoms. The van der Waals surface area contributed by atoms with E-state index < -0.39 is 0 Å². The molecule has 28 heavy (non-hydrogen) atoms. The highest BCUT2D eigenvalue weighted by molar-refractivity contribution is 5.86. The van der Waals surface area contributed by atoms with Gasteiger partial charge in [0.25, 0.3) is 0 Å². The van der Waals surface area contributed by atoms with Crippen LogP contribution in [0.2, 0.25) is 0 Å². The molecule has 0 saturated heterocycles. The van der Waals surface area contributed by atoms with E-state index in [-0.39, 0.29) is 6.04 Å². The van der Waals surface area contributed by atoms with Crippen molar-refractivity contribution < 1.29 is 18.9 Å². The Balaban J connectivity index is 1.75. The molecule has 1 aromatic heterocycles. The molecule has 1 atom stereocenters. The van der Waals surface area contributed by atoms with E-state index in [4.69, 9.17) is 18.9 Å². The molecule has 1 aliphatic heterocycles. The lowest BCUT2D eigenvalue weighted by atomic mass is 9.92. The third kappa shape index (κ3) is 3.02. The fourth-order valence-corrected chi connectivity index (χ4v) is 3.74. The molecule has 0 amide bonds. The summed E-state index contributed by atoms with van der Waals surface area (Å²) in [6.45, 7) is 0. The predicted octanol–water partition coefficient (Wildman–Crippen LogP) is 3.76. The number of aryl methyl sites for hydroxylation is 1. The van der Waals surface area contributed by atoms with Crippen molar-refractivity contribution in [3.8, 4) is 23.0 Å². The first-order valence-electron chi connectivity index (χ1n) is 9.07. The molecule has 0 fully saturated rings. The van der Waals surface area contributed by atoms with Gasteiger partial charge in [0.1, 0.15) is 0 Å². The van der Waals surface area contributed by atoms with Gasteiger partial charge in [-0.1, -0.05) is 0 Å². The van der Waals surface area contributed by atoms with Gasteiger partial charge >= 0.3 is 0 Å². The third-order valence-electron chi connectivity index (χ3n) is 5.19. The lowest BCUT2D eigenvalue weighted by Gasteiger charge is -2.29. The van der Waals surface area contributed by atoms with E-state index >= 15 is 0 Å². The number of benzene rings is 2. The molecule has 7 heteroatoms. The molecule has 1 N–H and O–H groups in total. The first kappa shape index (κ1) is 18.2. The molecule has 0 radical (unpaired) electrons. The van der Waals surface area contributed by atoms with Crippen molar-refractivity contribution in [2.75, 3.05) is 33.8 Å². The van der Waals surface area contributed by atoms with Crippen molar-refractivity contribution in [2.24, 2.45) is 0 Å². The van der Waals surface area contributed by atoms with Gasteiger partial charge in [0.05, 0.1) is 46.2 Å². The highest BCUT2D eigenvalue weighted by Gasteiger charge is 2.24. The topological polar surface area (TPSA) is 74.7 Å². The van der Waals surface area contributed by atoms with Crippen LogP contribution in [0, 0.1) is 0 Å². The molecular formula is C21H23N3O4. The molecule has 2 heterocycles. The van der Waals surface area contributed by atoms with Crippen LogP contribution in [0.4, 0.5) is 5.69 Å². The summed E-state index contributed by atoms with van der Waals surface area (Å²) in [4.78, 5) is 0. The molecule has 0 bridgehead atoms. The molecule has 1 unspecified atom stereocenters. The number of methoxy groups -OCH3 is 4. The van der Waals surface area contributed by atoms with Crippen molar-refractivity contribution >= 4 is 16.6 Å². The molecule has 146 valence electrons. The van der Waals surface area contributed by atoms with E-state index in [0.29, 0.717) is 17.2 Å².